The number of nitrogens with two attached hydrogens (primary N) is 1. The molecule has 0 aromatic carbocycles. The molecule has 0 aliphatic heterocycles. The number of rotatable bonds is 2. The monoisotopic (exact) mass is 131 g/mol. The second-order valence-electron chi connectivity index (χ2n) is 2.58. The molecule has 0 heterocycles. The van der Waals surface area contributed by atoms with E-state index in [-0.39, 0.29) is 11.7 Å². The zero-order valence-electron chi connectivity index (χ0n) is 6.19. The van der Waals surface area contributed by atoms with Gasteiger partial charge < -0.3 is 5.73 Å². The molecule has 1 atom stereocenters. The van der Waals surface area contributed by atoms with Crippen LogP contribution in [0.25, 0.3) is 0 Å². The van der Waals surface area contributed by atoms with Crippen LogP contribution in [0.2, 0.25) is 0 Å². The van der Waals surface area contributed by atoms with E-state index in [1.54, 1.807) is 0 Å². The Labute approximate surface area is 55.7 Å². The van der Waals surface area contributed by atoms with Crippen molar-refractivity contribution in [1.82, 2.24) is 0 Å². The first kappa shape index (κ1) is 8.47. The summed E-state index contributed by atoms with van der Waals surface area (Å²) in [5.41, 5.74) is 4.97. The first-order valence-corrected chi connectivity index (χ1v) is 3.17. The molecule has 0 aliphatic carbocycles. The second kappa shape index (κ2) is 3.49. The Bertz CT molecular complexity index is 107. The van der Waals surface area contributed by atoms with Crippen LogP contribution in [0.1, 0.15) is 20.8 Å². The smallest absolute Gasteiger partial charge is 0.118 e. The van der Waals surface area contributed by atoms with Crippen LogP contribution in [0, 0.1) is 11.8 Å². The first-order valence-electron chi connectivity index (χ1n) is 3.17. The maximum atomic E-state index is 12.5. The molecule has 0 rings (SSSR count). The van der Waals surface area contributed by atoms with E-state index in [0.29, 0.717) is 5.92 Å². The molecular weight excluding hydrogens is 117 g/mol. The number of hydrogen-bond donors (Lipinski definition) is 1. The van der Waals surface area contributed by atoms with Gasteiger partial charge in [-0.1, -0.05) is 20.8 Å². The molecule has 0 amide bonds. The fraction of sp³-hybridized carbons (Fsp3) is 0.714. The highest BCUT2D eigenvalue weighted by atomic mass is 19.1. The topological polar surface area (TPSA) is 26.0 Å². The van der Waals surface area contributed by atoms with Gasteiger partial charge in [0.1, 0.15) is 5.83 Å². The average molecular weight is 131 g/mol. The lowest BCUT2D eigenvalue weighted by Crippen LogP contribution is -2.05. The lowest BCUT2D eigenvalue weighted by atomic mass is 9.97. The van der Waals surface area contributed by atoms with Gasteiger partial charge in [-0.15, -0.1) is 0 Å². The third-order valence-corrected chi connectivity index (χ3v) is 1.59. The number of halogens is 1. The van der Waals surface area contributed by atoms with Crippen molar-refractivity contribution < 1.29 is 4.39 Å². The Morgan fingerprint density at radius 1 is 1.44 bits per heavy atom. The van der Waals surface area contributed by atoms with Crippen LogP contribution < -0.4 is 5.73 Å². The van der Waals surface area contributed by atoms with Crippen molar-refractivity contribution in [3.63, 3.8) is 0 Å². The Hall–Kier alpha value is -0.530. The molecule has 0 saturated carbocycles. The molecule has 0 saturated heterocycles. The maximum Gasteiger partial charge on any atom is 0.118 e. The minimum atomic E-state index is -0.218. The summed E-state index contributed by atoms with van der Waals surface area (Å²) in [7, 11) is 0. The summed E-state index contributed by atoms with van der Waals surface area (Å²) in [6.07, 6.45) is 1.03. The largest absolute Gasteiger partial charge is 0.403 e. The molecule has 2 heteroatoms. The van der Waals surface area contributed by atoms with Crippen LogP contribution in [0.15, 0.2) is 12.0 Å². The van der Waals surface area contributed by atoms with E-state index in [2.05, 4.69) is 0 Å². The molecule has 2 N–H and O–H groups in total. The summed E-state index contributed by atoms with van der Waals surface area (Å²) in [6.45, 7) is 5.75. The van der Waals surface area contributed by atoms with Crippen LogP contribution in [-0.4, -0.2) is 0 Å². The molecule has 0 aromatic rings. The Kier molecular flexibility index (Phi) is 3.28. The highest BCUT2D eigenvalue weighted by Crippen LogP contribution is 2.19. The normalized spacial score (nSPS) is 16.3. The Morgan fingerprint density at radius 2 is 1.89 bits per heavy atom. The van der Waals surface area contributed by atoms with Crippen molar-refractivity contribution in [1.29, 1.82) is 0 Å². The van der Waals surface area contributed by atoms with Gasteiger partial charge in [0, 0.05) is 12.1 Å². The Balaban J connectivity index is 3.88. The first-order chi connectivity index (χ1) is 4.09. The molecule has 0 fully saturated rings. The summed E-state index contributed by atoms with van der Waals surface area (Å²) in [5.74, 6) is 0.0600. The van der Waals surface area contributed by atoms with Crippen LogP contribution >= 0.6 is 0 Å². The van der Waals surface area contributed by atoms with E-state index in [9.17, 15) is 4.39 Å². The van der Waals surface area contributed by atoms with Gasteiger partial charge in [0.15, 0.2) is 0 Å². The predicted molar refractivity (Wildman–Crippen MR) is 37.4 cm³/mol. The molecule has 0 radical (unpaired) electrons. The summed E-state index contributed by atoms with van der Waals surface area (Å²) < 4.78 is 12.5. The number of hydrogen-bond acceptors (Lipinski definition) is 1. The molecule has 1 unspecified atom stereocenters. The quantitative estimate of drug-likeness (QED) is 0.609. The van der Waals surface area contributed by atoms with Crippen LogP contribution in [0.4, 0.5) is 4.39 Å². The van der Waals surface area contributed by atoms with Gasteiger partial charge in [0.25, 0.3) is 0 Å². The summed E-state index contributed by atoms with van der Waals surface area (Å²) in [5, 5.41) is 0. The fourth-order valence-electron chi connectivity index (χ4n) is 0.470. The van der Waals surface area contributed by atoms with Gasteiger partial charge in [-0.25, -0.2) is 4.39 Å². The van der Waals surface area contributed by atoms with E-state index in [1.165, 1.54) is 0 Å². The molecular formula is C7H14FN. The lowest BCUT2D eigenvalue weighted by Gasteiger charge is -2.11. The van der Waals surface area contributed by atoms with Crippen molar-refractivity contribution >= 4 is 0 Å². The highest BCUT2D eigenvalue weighted by molar-refractivity contribution is 4.93. The number of allylic oxidation sites excluding steroid dienone is 1. The van der Waals surface area contributed by atoms with Gasteiger partial charge in [0.05, 0.1) is 0 Å². The van der Waals surface area contributed by atoms with E-state index in [0.717, 1.165) is 6.20 Å². The van der Waals surface area contributed by atoms with Crippen molar-refractivity contribution in [2.75, 3.05) is 0 Å². The third-order valence-electron chi connectivity index (χ3n) is 1.59. The highest BCUT2D eigenvalue weighted by Gasteiger charge is 2.10. The van der Waals surface area contributed by atoms with E-state index < -0.39 is 0 Å². The molecule has 9 heavy (non-hydrogen) atoms. The third kappa shape index (κ3) is 2.49. The van der Waals surface area contributed by atoms with Gasteiger partial charge in [0.2, 0.25) is 0 Å². The van der Waals surface area contributed by atoms with Gasteiger partial charge in [-0.3, -0.25) is 0 Å². The van der Waals surface area contributed by atoms with E-state index in [1.807, 2.05) is 20.8 Å². The van der Waals surface area contributed by atoms with Gasteiger partial charge >= 0.3 is 0 Å². The van der Waals surface area contributed by atoms with Gasteiger partial charge in [-0.2, -0.15) is 0 Å². The molecule has 0 spiro atoms. The SMILES string of the molecule is CC(C)C(C)C(F)=CN. The van der Waals surface area contributed by atoms with Crippen molar-refractivity contribution in [3.8, 4) is 0 Å². The molecule has 0 aliphatic rings. The standard InChI is InChI=1S/C7H14FN/c1-5(2)6(3)7(8)4-9/h4-6H,9H2,1-3H3. The minimum Gasteiger partial charge on any atom is -0.403 e. The molecule has 54 valence electrons. The average Bonchev–Trinajstić information content (AvgIpc) is 1.84. The van der Waals surface area contributed by atoms with Crippen molar-refractivity contribution in [3.05, 3.63) is 12.0 Å². The van der Waals surface area contributed by atoms with Gasteiger partial charge in [-0.05, 0) is 5.92 Å². The molecule has 0 aromatic heterocycles. The van der Waals surface area contributed by atoms with Crippen LogP contribution in [0.5, 0.6) is 0 Å². The maximum absolute atomic E-state index is 12.5. The fourth-order valence-corrected chi connectivity index (χ4v) is 0.470. The van der Waals surface area contributed by atoms with Crippen molar-refractivity contribution in [2.45, 2.75) is 20.8 Å². The van der Waals surface area contributed by atoms with E-state index in [4.69, 9.17) is 5.73 Å². The Morgan fingerprint density at radius 3 is 2.00 bits per heavy atom. The van der Waals surface area contributed by atoms with Crippen molar-refractivity contribution in [2.24, 2.45) is 17.6 Å². The second-order valence-corrected chi connectivity index (χ2v) is 2.58. The zero-order valence-corrected chi connectivity index (χ0v) is 6.19. The minimum absolute atomic E-state index is 0.0463. The van der Waals surface area contributed by atoms with Crippen LogP contribution in [-0.2, 0) is 0 Å². The molecule has 1 nitrogen and oxygen atoms in total. The molecule has 0 bridgehead atoms. The summed E-state index contributed by atoms with van der Waals surface area (Å²) in [6, 6.07) is 0. The summed E-state index contributed by atoms with van der Waals surface area (Å²) >= 11 is 0. The van der Waals surface area contributed by atoms with Crippen LogP contribution in [0.3, 0.4) is 0 Å². The lowest BCUT2D eigenvalue weighted by molar-refractivity contribution is 0.393. The van der Waals surface area contributed by atoms with E-state index >= 15 is 0 Å². The zero-order chi connectivity index (χ0) is 7.44. The predicted octanol–water partition coefficient (Wildman–Crippen LogP) is 2.05. The summed E-state index contributed by atoms with van der Waals surface area (Å²) in [4.78, 5) is 0.